The summed E-state index contributed by atoms with van der Waals surface area (Å²) in [4.78, 5) is 0. The molecule has 0 aromatic heterocycles. The maximum Gasteiger partial charge on any atom is 0.411 e. The van der Waals surface area contributed by atoms with Crippen molar-refractivity contribution in [3.8, 4) is 0 Å². The molecule has 0 saturated heterocycles. The summed E-state index contributed by atoms with van der Waals surface area (Å²) in [6.07, 6.45) is -4.30. The van der Waals surface area contributed by atoms with E-state index in [-0.39, 0.29) is 13.2 Å². The molecule has 0 bridgehead atoms. The molecule has 0 aliphatic carbocycles. The van der Waals surface area contributed by atoms with Crippen LogP contribution in [0.2, 0.25) is 0 Å². The summed E-state index contributed by atoms with van der Waals surface area (Å²) in [6.45, 7) is 1.10. The molecule has 1 unspecified atom stereocenters. The minimum Gasteiger partial charge on any atom is -0.380 e. The van der Waals surface area contributed by atoms with E-state index in [1.165, 1.54) is 0 Å². The average Bonchev–Trinajstić information content (AvgIpc) is 2.09. The Balaban J connectivity index is 3.52. The number of ether oxygens (including phenoxy) is 2. The van der Waals surface area contributed by atoms with Crippen molar-refractivity contribution >= 4 is 0 Å². The van der Waals surface area contributed by atoms with Crippen LogP contribution in [-0.2, 0) is 9.47 Å². The molecule has 0 aliphatic rings. The number of rotatable bonds is 7. The van der Waals surface area contributed by atoms with E-state index in [0.29, 0.717) is 6.61 Å². The van der Waals surface area contributed by atoms with E-state index < -0.39 is 18.8 Å². The quantitative estimate of drug-likeness (QED) is 0.478. The standard InChI is InChI=1S/C7H15F3N2O2/c1-2-13-3-6(12-11)4-14-5-7(8,9)10/h6,12H,2-5,11H2,1H3. The van der Waals surface area contributed by atoms with Crippen molar-refractivity contribution in [3.05, 3.63) is 0 Å². The summed E-state index contributed by atoms with van der Waals surface area (Å²) in [5, 5.41) is 0. The van der Waals surface area contributed by atoms with Crippen LogP contribution in [0.15, 0.2) is 0 Å². The minimum atomic E-state index is -4.30. The van der Waals surface area contributed by atoms with E-state index in [2.05, 4.69) is 10.2 Å². The van der Waals surface area contributed by atoms with Crippen LogP contribution in [0, 0.1) is 0 Å². The lowest BCUT2D eigenvalue weighted by molar-refractivity contribution is -0.176. The molecular weight excluding hydrogens is 201 g/mol. The normalized spacial score (nSPS) is 14.4. The fourth-order valence-corrected chi connectivity index (χ4v) is 0.721. The van der Waals surface area contributed by atoms with Gasteiger partial charge in [0.15, 0.2) is 0 Å². The second-order valence-electron chi connectivity index (χ2n) is 2.65. The van der Waals surface area contributed by atoms with Crippen molar-refractivity contribution in [1.29, 1.82) is 0 Å². The Kier molecular flexibility index (Phi) is 6.81. The Bertz CT molecular complexity index is 143. The summed E-state index contributed by atoms with van der Waals surface area (Å²) in [5.41, 5.74) is 2.31. The molecule has 4 nitrogen and oxygen atoms in total. The SMILES string of the molecule is CCOCC(COCC(F)(F)F)NN. The molecule has 0 aliphatic heterocycles. The number of hydrogen-bond donors (Lipinski definition) is 2. The van der Waals surface area contributed by atoms with Gasteiger partial charge in [0.05, 0.1) is 19.3 Å². The van der Waals surface area contributed by atoms with Gasteiger partial charge in [-0.05, 0) is 6.92 Å². The van der Waals surface area contributed by atoms with Gasteiger partial charge in [0.1, 0.15) is 6.61 Å². The Labute approximate surface area is 80.5 Å². The molecule has 7 heteroatoms. The molecule has 0 aromatic carbocycles. The lowest BCUT2D eigenvalue weighted by Crippen LogP contribution is -2.42. The van der Waals surface area contributed by atoms with E-state index in [1.54, 1.807) is 6.92 Å². The van der Waals surface area contributed by atoms with Crippen molar-refractivity contribution in [2.24, 2.45) is 5.84 Å². The number of alkyl halides is 3. The molecule has 0 amide bonds. The Morgan fingerprint density at radius 1 is 1.29 bits per heavy atom. The van der Waals surface area contributed by atoms with Gasteiger partial charge in [-0.2, -0.15) is 13.2 Å². The first-order chi connectivity index (χ1) is 6.49. The van der Waals surface area contributed by atoms with Gasteiger partial charge in [-0.3, -0.25) is 11.3 Å². The van der Waals surface area contributed by atoms with Crippen LogP contribution in [0.25, 0.3) is 0 Å². The van der Waals surface area contributed by atoms with Crippen molar-refractivity contribution in [1.82, 2.24) is 5.43 Å². The maximum absolute atomic E-state index is 11.7. The molecule has 0 spiro atoms. The Hall–Kier alpha value is -0.370. The number of nitrogens with two attached hydrogens (primary N) is 1. The topological polar surface area (TPSA) is 56.5 Å². The van der Waals surface area contributed by atoms with Crippen molar-refractivity contribution in [2.45, 2.75) is 19.1 Å². The summed E-state index contributed by atoms with van der Waals surface area (Å²) >= 11 is 0. The van der Waals surface area contributed by atoms with E-state index in [0.717, 1.165) is 0 Å². The summed E-state index contributed by atoms with van der Waals surface area (Å²) in [5.74, 6) is 5.07. The number of nitrogens with one attached hydrogen (secondary N) is 1. The highest BCUT2D eigenvalue weighted by Gasteiger charge is 2.27. The minimum absolute atomic E-state index is 0.129. The third kappa shape index (κ3) is 8.24. The second-order valence-corrected chi connectivity index (χ2v) is 2.65. The second kappa shape index (κ2) is 6.99. The third-order valence-corrected chi connectivity index (χ3v) is 1.34. The van der Waals surface area contributed by atoms with Gasteiger partial charge in [0.25, 0.3) is 0 Å². The van der Waals surface area contributed by atoms with Crippen molar-refractivity contribution in [2.75, 3.05) is 26.4 Å². The molecule has 0 aromatic rings. The van der Waals surface area contributed by atoms with Crippen molar-refractivity contribution < 1.29 is 22.6 Å². The van der Waals surface area contributed by atoms with E-state index in [4.69, 9.17) is 10.6 Å². The van der Waals surface area contributed by atoms with Gasteiger partial charge in [0, 0.05) is 6.61 Å². The molecule has 3 N–H and O–H groups in total. The third-order valence-electron chi connectivity index (χ3n) is 1.34. The number of hydrogen-bond acceptors (Lipinski definition) is 4. The monoisotopic (exact) mass is 216 g/mol. The van der Waals surface area contributed by atoms with E-state index in [9.17, 15) is 13.2 Å². The molecule has 14 heavy (non-hydrogen) atoms. The average molecular weight is 216 g/mol. The molecule has 86 valence electrons. The first kappa shape index (κ1) is 13.6. The molecule has 0 heterocycles. The van der Waals surface area contributed by atoms with Crippen LogP contribution in [0.5, 0.6) is 0 Å². The molecule has 0 radical (unpaired) electrons. The van der Waals surface area contributed by atoms with Crippen molar-refractivity contribution in [3.63, 3.8) is 0 Å². The van der Waals surface area contributed by atoms with Gasteiger partial charge in [-0.1, -0.05) is 0 Å². The highest BCUT2D eigenvalue weighted by atomic mass is 19.4. The molecule has 0 rings (SSSR count). The van der Waals surface area contributed by atoms with Crippen LogP contribution < -0.4 is 11.3 Å². The van der Waals surface area contributed by atoms with Crippen LogP contribution in [-0.4, -0.2) is 38.6 Å². The largest absolute Gasteiger partial charge is 0.411 e. The highest BCUT2D eigenvalue weighted by molar-refractivity contribution is 4.61. The zero-order valence-electron chi connectivity index (χ0n) is 7.93. The predicted octanol–water partition coefficient (Wildman–Crippen LogP) is 0.434. The zero-order chi connectivity index (χ0) is 11.0. The Morgan fingerprint density at radius 3 is 2.29 bits per heavy atom. The van der Waals surface area contributed by atoms with Crippen LogP contribution in [0.3, 0.4) is 0 Å². The van der Waals surface area contributed by atoms with Crippen LogP contribution in [0.1, 0.15) is 6.92 Å². The first-order valence-corrected chi connectivity index (χ1v) is 4.18. The fourth-order valence-electron chi connectivity index (χ4n) is 0.721. The van der Waals surface area contributed by atoms with Gasteiger partial charge < -0.3 is 9.47 Å². The van der Waals surface area contributed by atoms with E-state index in [1.807, 2.05) is 0 Å². The fraction of sp³-hybridized carbons (Fsp3) is 1.00. The number of hydrazine groups is 1. The van der Waals surface area contributed by atoms with Gasteiger partial charge in [0.2, 0.25) is 0 Å². The predicted molar refractivity (Wildman–Crippen MR) is 44.5 cm³/mol. The zero-order valence-corrected chi connectivity index (χ0v) is 7.93. The smallest absolute Gasteiger partial charge is 0.380 e. The van der Waals surface area contributed by atoms with Gasteiger partial charge in [-0.25, -0.2) is 0 Å². The van der Waals surface area contributed by atoms with Gasteiger partial charge in [-0.15, -0.1) is 0 Å². The molecular formula is C7H15F3N2O2. The van der Waals surface area contributed by atoms with Gasteiger partial charge >= 0.3 is 6.18 Å². The molecule has 0 saturated carbocycles. The maximum atomic E-state index is 11.7. The molecule has 0 fully saturated rings. The first-order valence-electron chi connectivity index (χ1n) is 4.18. The number of halogens is 3. The van der Waals surface area contributed by atoms with Crippen LogP contribution in [0.4, 0.5) is 13.2 Å². The summed E-state index contributed by atoms with van der Waals surface area (Å²) in [7, 11) is 0. The van der Waals surface area contributed by atoms with E-state index >= 15 is 0 Å². The Morgan fingerprint density at radius 2 is 1.86 bits per heavy atom. The highest BCUT2D eigenvalue weighted by Crippen LogP contribution is 2.14. The lowest BCUT2D eigenvalue weighted by Gasteiger charge is -2.16. The lowest BCUT2D eigenvalue weighted by atomic mass is 10.3. The molecule has 1 atom stereocenters. The summed E-state index contributed by atoms with van der Waals surface area (Å²) in [6, 6.07) is -0.419. The van der Waals surface area contributed by atoms with Crippen LogP contribution >= 0.6 is 0 Å². The summed E-state index contributed by atoms with van der Waals surface area (Å²) < 4.78 is 44.3.